The van der Waals surface area contributed by atoms with E-state index in [1.165, 1.54) is 23.1 Å². The Labute approximate surface area is 173 Å². The predicted molar refractivity (Wildman–Crippen MR) is 114 cm³/mol. The lowest BCUT2D eigenvalue weighted by Crippen LogP contribution is -2.26. The quantitative estimate of drug-likeness (QED) is 0.606. The molecule has 0 fully saturated rings. The largest absolute Gasteiger partial charge is 0.337 e. The van der Waals surface area contributed by atoms with Crippen LogP contribution in [0.4, 0.5) is 5.69 Å². The number of nitrogens with one attached hydrogen (secondary N) is 1. The normalized spacial score (nSPS) is 11.2. The number of amides is 1. The van der Waals surface area contributed by atoms with Crippen LogP contribution in [0, 0.1) is 6.92 Å². The van der Waals surface area contributed by atoms with E-state index in [1.54, 1.807) is 36.6 Å². The summed E-state index contributed by atoms with van der Waals surface area (Å²) >= 11 is 7.73. The van der Waals surface area contributed by atoms with Crippen molar-refractivity contribution in [3.05, 3.63) is 81.0 Å². The average Bonchev–Trinajstić information content (AvgIpc) is 3.14. The zero-order valence-corrected chi connectivity index (χ0v) is 17.7. The Balaban J connectivity index is 1.86. The molecule has 3 aromatic rings. The van der Waals surface area contributed by atoms with Crippen molar-refractivity contribution in [2.45, 2.75) is 18.4 Å². The summed E-state index contributed by atoms with van der Waals surface area (Å²) in [6.45, 7) is 2.30. The maximum Gasteiger partial charge on any atom is 0.261 e. The van der Waals surface area contributed by atoms with Crippen LogP contribution in [0.2, 0.25) is 5.02 Å². The van der Waals surface area contributed by atoms with Crippen LogP contribution in [0.25, 0.3) is 0 Å². The number of benzene rings is 2. The van der Waals surface area contributed by atoms with Gasteiger partial charge in [-0.05, 0) is 54.3 Å². The first-order valence-electron chi connectivity index (χ1n) is 8.43. The number of carbonyl (C=O) groups is 1. The van der Waals surface area contributed by atoms with E-state index >= 15 is 0 Å². The van der Waals surface area contributed by atoms with Gasteiger partial charge in [0, 0.05) is 17.6 Å². The molecule has 2 aromatic carbocycles. The highest BCUT2D eigenvalue weighted by Crippen LogP contribution is 2.24. The van der Waals surface area contributed by atoms with Gasteiger partial charge < -0.3 is 4.90 Å². The Morgan fingerprint density at radius 3 is 2.61 bits per heavy atom. The highest BCUT2D eigenvalue weighted by atomic mass is 35.5. The van der Waals surface area contributed by atoms with Gasteiger partial charge >= 0.3 is 0 Å². The van der Waals surface area contributed by atoms with Gasteiger partial charge in [0.2, 0.25) is 0 Å². The fourth-order valence-corrected chi connectivity index (χ4v) is 4.70. The van der Waals surface area contributed by atoms with Crippen LogP contribution in [0.5, 0.6) is 0 Å². The van der Waals surface area contributed by atoms with Crippen LogP contribution in [0.3, 0.4) is 0 Å². The zero-order chi connectivity index (χ0) is 20.3. The van der Waals surface area contributed by atoms with E-state index in [0.29, 0.717) is 12.2 Å². The van der Waals surface area contributed by atoms with Crippen LogP contribution < -0.4 is 4.72 Å². The van der Waals surface area contributed by atoms with Gasteiger partial charge in [-0.1, -0.05) is 29.8 Å². The van der Waals surface area contributed by atoms with Crippen molar-refractivity contribution in [1.29, 1.82) is 0 Å². The standard InChI is InChI=1S/C20H19ClN2O3S2/c1-14-5-3-6-15(11-14)22-28(25,26)17-8-9-19(21)18(12-17)20(24)23(2)13-16-7-4-10-27-16/h3-12,22H,13H2,1-2H3. The molecular weight excluding hydrogens is 416 g/mol. The summed E-state index contributed by atoms with van der Waals surface area (Å²) < 4.78 is 28.0. The lowest BCUT2D eigenvalue weighted by Gasteiger charge is -2.18. The number of anilines is 1. The lowest BCUT2D eigenvalue weighted by molar-refractivity contribution is 0.0786. The molecule has 0 aliphatic heterocycles. The van der Waals surface area contributed by atoms with Gasteiger partial charge in [-0.3, -0.25) is 9.52 Å². The number of thiophene rings is 1. The number of nitrogens with zero attached hydrogens (tertiary/aromatic N) is 1. The third-order valence-corrected chi connectivity index (χ3v) is 6.64. The molecule has 5 nitrogen and oxygen atoms in total. The molecule has 1 heterocycles. The van der Waals surface area contributed by atoms with Crippen LogP contribution in [-0.2, 0) is 16.6 Å². The van der Waals surface area contributed by atoms with Crippen molar-refractivity contribution in [1.82, 2.24) is 4.90 Å². The molecule has 3 rings (SSSR count). The van der Waals surface area contributed by atoms with Crippen molar-refractivity contribution in [3.63, 3.8) is 0 Å². The summed E-state index contributed by atoms with van der Waals surface area (Å²) in [6.07, 6.45) is 0. The molecule has 0 saturated heterocycles. The summed E-state index contributed by atoms with van der Waals surface area (Å²) in [4.78, 5) is 15.3. The molecule has 0 radical (unpaired) electrons. The second-order valence-corrected chi connectivity index (χ2v) is 9.48. The summed E-state index contributed by atoms with van der Waals surface area (Å²) in [5.74, 6) is -0.342. The fraction of sp³-hybridized carbons (Fsp3) is 0.150. The van der Waals surface area contributed by atoms with Crippen LogP contribution in [0.1, 0.15) is 20.8 Å². The average molecular weight is 435 g/mol. The van der Waals surface area contributed by atoms with E-state index in [9.17, 15) is 13.2 Å². The van der Waals surface area contributed by atoms with E-state index in [0.717, 1.165) is 10.4 Å². The van der Waals surface area contributed by atoms with Gasteiger partial charge in [0.1, 0.15) is 0 Å². The Bertz CT molecular complexity index is 1100. The fourth-order valence-electron chi connectivity index (χ4n) is 2.67. The minimum atomic E-state index is -3.86. The molecule has 0 spiro atoms. The first-order chi connectivity index (χ1) is 13.3. The van der Waals surface area contributed by atoms with Crippen LogP contribution >= 0.6 is 22.9 Å². The number of aryl methyl sites for hydroxylation is 1. The predicted octanol–water partition coefficient (Wildman–Crippen LogP) is 4.78. The first-order valence-corrected chi connectivity index (χ1v) is 11.2. The molecule has 0 aliphatic carbocycles. The zero-order valence-electron chi connectivity index (χ0n) is 15.3. The lowest BCUT2D eigenvalue weighted by atomic mass is 10.2. The first kappa shape index (κ1) is 20.4. The maximum atomic E-state index is 12.8. The van der Waals surface area contributed by atoms with Crippen LogP contribution in [-0.4, -0.2) is 26.3 Å². The Morgan fingerprint density at radius 2 is 1.93 bits per heavy atom. The van der Waals surface area contributed by atoms with Crippen molar-refractivity contribution >= 4 is 44.6 Å². The number of sulfonamides is 1. The second kappa shape index (κ2) is 8.34. The Kier molecular flexibility index (Phi) is 6.07. The number of hydrogen-bond acceptors (Lipinski definition) is 4. The summed E-state index contributed by atoms with van der Waals surface area (Å²) in [5.41, 5.74) is 1.54. The van der Waals surface area contributed by atoms with Gasteiger partial charge in [0.15, 0.2) is 0 Å². The van der Waals surface area contributed by atoms with Gasteiger partial charge in [-0.2, -0.15) is 0 Å². The molecule has 28 heavy (non-hydrogen) atoms. The smallest absolute Gasteiger partial charge is 0.261 e. The molecule has 0 atom stereocenters. The van der Waals surface area contributed by atoms with Gasteiger partial charge in [0.05, 0.1) is 22.0 Å². The molecule has 1 N–H and O–H groups in total. The molecule has 1 amide bonds. The minimum Gasteiger partial charge on any atom is -0.337 e. The van der Waals surface area contributed by atoms with Crippen molar-refractivity contribution in [2.75, 3.05) is 11.8 Å². The van der Waals surface area contributed by atoms with Crippen molar-refractivity contribution < 1.29 is 13.2 Å². The number of rotatable bonds is 6. The molecule has 0 unspecified atom stereocenters. The van der Waals surface area contributed by atoms with E-state index in [1.807, 2.05) is 30.5 Å². The molecule has 146 valence electrons. The van der Waals surface area contributed by atoms with E-state index < -0.39 is 10.0 Å². The van der Waals surface area contributed by atoms with Crippen molar-refractivity contribution in [2.24, 2.45) is 0 Å². The third-order valence-electron chi connectivity index (χ3n) is 4.07. The van der Waals surface area contributed by atoms with Gasteiger partial charge in [-0.15, -0.1) is 11.3 Å². The summed E-state index contributed by atoms with van der Waals surface area (Å²) in [5, 5.41) is 2.14. The Hall–Kier alpha value is -2.35. The molecule has 1 aromatic heterocycles. The topological polar surface area (TPSA) is 66.5 Å². The van der Waals surface area contributed by atoms with Gasteiger partial charge in [-0.25, -0.2) is 8.42 Å². The summed E-state index contributed by atoms with van der Waals surface area (Å²) in [6, 6.07) is 15.0. The highest BCUT2D eigenvalue weighted by molar-refractivity contribution is 7.92. The molecular formula is C20H19ClN2O3S2. The van der Waals surface area contributed by atoms with E-state index in [-0.39, 0.29) is 21.4 Å². The van der Waals surface area contributed by atoms with Crippen molar-refractivity contribution in [3.8, 4) is 0 Å². The highest BCUT2D eigenvalue weighted by Gasteiger charge is 2.21. The maximum absolute atomic E-state index is 12.8. The third kappa shape index (κ3) is 4.73. The van der Waals surface area contributed by atoms with Crippen LogP contribution in [0.15, 0.2) is 64.9 Å². The van der Waals surface area contributed by atoms with E-state index in [2.05, 4.69) is 4.72 Å². The number of hydrogen-bond donors (Lipinski definition) is 1. The molecule has 0 bridgehead atoms. The molecule has 8 heteroatoms. The molecule has 0 saturated carbocycles. The van der Waals surface area contributed by atoms with Gasteiger partial charge in [0.25, 0.3) is 15.9 Å². The minimum absolute atomic E-state index is 0.0220. The second-order valence-electron chi connectivity index (χ2n) is 6.36. The Morgan fingerprint density at radius 1 is 1.14 bits per heavy atom. The molecule has 0 aliphatic rings. The summed E-state index contributed by atoms with van der Waals surface area (Å²) in [7, 11) is -2.20. The number of halogens is 1. The monoisotopic (exact) mass is 434 g/mol. The SMILES string of the molecule is Cc1cccc(NS(=O)(=O)c2ccc(Cl)c(C(=O)N(C)Cc3cccs3)c2)c1. The van der Waals surface area contributed by atoms with E-state index in [4.69, 9.17) is 11.6 Å². The number of carbonyl (C=O) groups excluding carboxylic acids is 1.